The molecule has 0 aliphatic rings. The first-order valence-electron chi connectivity index (χ1n) is 5.59. The van der Waals surface area contributed by atoms with Gasteiger partial charge in [0.2, 0.25) is 5.88 Å². The molecule has 0 saturated heterocycles. The molecule has 100 valence electrons. The molecule has 1 N–H and O–H groups in total. The van der Waals surface area contributed by atoms with Crippen LogP contribution in [-0.2, 0) is 0 Å². The molecular weight excluding hydrogens is 248 g/mol. The lowest BCUT2D eigenvalue weighted by Crippen LogP contribution is -2.08. The van der Waals surface area contributed by atoms with Crippen molar-refractivity contribution in [3.63, 3.8) is 0 Å². The highest BCUT2D eigenvalue weighted by molar-refractivity contribution is 5.43. The van der Waals surface area contributed by atoms with Gasteiger partial charge >= 0.3 is 0 Å². The van der Waals surface area contributed by atoms with E-state index in [1.165, 1.54) is 6.07 Å². The predicted octanol–water partition coefficient (Wildman–Crippen LogP) is 1.89. The van der Waals surface area contributed by atoms with E-state index in [0.29, 0.717) is 23.1 Å². The summed E-state index contributed by atoms with van der Waals surface area (Å²) in [6.45, 7) is 1.68. The Balaban J connectivity index is 2.34. The van der Waals surface area contributed by atoms with E-state index in [4.69, 9.17) is 14.2 Å². The second-order valence-corrected chi connectivity index (χ2v) is 3.82. The number of nitrogens with one attached hydrogen (secondary N) is 1. The van der Waals surface area contributed by atoms with Gasteiger partial charge in [0.1, 0.15) is 23.1 Å². The van der Waals surface area contributed by atoms with E-state index in [-0.39, 0.29) is 11.4 Å². The van der Waals surface area contributed by atoms with E-state index in [1.54, 1.807) is 39.3 Å². The third-order valence-corrected chi connectivity index (χ3v) is 2.38. The molecule has 6 heteroatoms. The van der Waals surface area contributed by atoms with E-state index in [0.717, 1.165) is 0 Å². The van der Waals surface area contributed by atoms with Gasteiger partial charge in [0.25, 0.3) is 5.56 Å². The van der Waals surface area contributed by atoms with Crippen molar-refractivity contribution in [2.75, 3.05) is 14.2 Å². The minimum atomic E-state index is -0.266. The number of aromatic amines is 1. The smallest absolute Gasteiger partial charge is 0.254 e. The molecule has 0 spiro atoms. The molecule has 0 fully saturated rings. The molecule has 6 nitrogen and oxygen atoms in total. The van der Waals surface area contributed by atoms with Crippen molar-refractivity contribution >= 4 is 0 Å². The van der Waals surface area contributed by atoms with Crippen molar-refractivity contribution in [2.24, 2.45) is 0 Å². The molecule has 1 aromatic heterocycles. The zero-order valence-corrected chi connectivity index (χ0v) is 10.9. The summed E-state index contributed by atoms with van der Waals surface area (Å²) in [6.07, 6.45) is 0. The van der Waals surface area contributed by atoms with Crippen LogP contribution >= 0.6 is 0 Å². The molecule has 0 atom stereocenters. The molecule has 19 heavy (non-hydrogen) atoms. The van der Waals surface area contributed by atoms with Gasteiger partial charge in [-0.15, -0.1) is 0 Å². The number of ether oxygens (including phenoxy) is 3. The third-order valence-electron chi connectivity index (χ3n) is 2.38. The van der Waals surface area contributed by atoms with Crippen LogP contribution in [0.3, 0.4) is 0 Å². The SMILES string of the molecule is COc1cc(OC)cc(Oc2cc(=O)[nH]c(C)n2)c1. The van der Waals surface area contributed by atoms with Crippen molar-refractivity contribution in [3.8, 4) is 23.1 Å². The number of aryl methyl sites for hydroxylation is 1. The Bertz CT molecular complexity index is 615. The summed E-state index contributed by atoms with van der Waals surface area (Å²) in [5.41, 5.74) is -0.266. The molecule has 2 rings (SSSR count). The van der Waals surface area contributed by atoms with Crippen LogP contribution in [0, 0.1) is 6.92 Å². The van der Waals surface area contributed by atoms with Crippen LogP contribution in [0.4, 0.5) is 0 Å². The number of H-pyrrole nitrogens is 1. The van der Waals surface area contributed by atoms with Gasteiger partial charge in [-0.25, -0.2) is 4.98 Å². The number of hydrogen-bond donors (Lipinski definition) is 1. The maximum absolute atomic E-state index is 11.3. The van der Waals surface area contributed by atoms with E-state index in [9.17, 15) is 4.79 Å². The van der Waals surface area contributed by atoms with E-state index in [1.807, 2.05) is 0 Å². The zero-order valence-electron chi connectivity index (χ0n) is 10.9. The first-order valence-corrected chi connectivity index (χ1v) is 5.59. The molecule has 2 aromatic rings. The Morgan fingerprint density at radius 2 is 1.58 bits per heavy atom. The van der Waals surface area contributed by atoms with Gasteiger partial charge < -0.3 is 19.2 Å². The van der Waals surface area contributed by atoms with Gasteiger partial charge in [-0.2, -0.15) is 0 Å². The van der Waals surface area contributed by atoms with Crippen molar-refractivity contribution in [1.29, 1.82) is 0 Å². The van der Waals surface area contributed by atoms with Crippen LogP contribution in [0.25, 0.3) is 0 Å². The number of hydrogen-bond acceptors (Lipinski definition) is 5. The number of rotatable bonds is 4. The molecular formula is C13H14N2O4. The first kappa shape index (κ1) is 12.9. The largest absolute Gasteiger partial charge is 0.496 e. The fourth-order valence-electron chi connectivity index (χ4n) is 1.57. The fourth-order valence-corrected chi connectivity index (χ4v) is 1.57. The minimum absolute atomic E-state index is 0.219. The highest BCUT2D eigenvalue weighted by atomic mass is 16.5. The quantitative estimate of drug-likeness (QED) is 0.910. The average molecular weight is 262 g/mol. The number of benzene rings is 1. The lowest BCUT2D eigenvalue weighted by Gasteiger charge is -2.09. The summed E-state index contributed by atoms with van der Waals surface area (Å²) >= 11 is 0. The standard InChI is InChI=1S/C13H14N2O4/c1-8-14-12(16)7-13(15-8)19-11-5-9(17-2)4-10(6-11)18-3/h4-7H,1-3H3,(H,14,15,16). The van der Waals surface area contributed by atoms with Crippen molar-refractivity contribution in [1.82, 2.24) is 9.97 Å². The predicted molar refractivity (Wildman–Crippen MR) is 69.2 cm³/mol. The third kappa shape index (κ3) is 3.25. The van der Waals surface area contributed by atoms with Gasteiger partial charge in [0.15, 0.2) is 0 Å². The van der Waals surface area contributed by atoms with Gasteiger partial charge in [-0.05, 0) is 6.92 Å². The van der Waals surface area contributed by atoms with Crippen LogP contribution < -0.4 is 19.8 Å². The maximum Gasteiger partial charge on any atom is 0.254 e. The van der Waals surface area contributed by atoms with Crippen LogP contribution in [0.1, 0.15) is 5.82 Å². The Kier molecular flexibility index (Phi) is 3.70. The van der Waals surface area contributed by atoms with Crippen LogP contribution in [0.15, 0.2) is 29.1 Å². The number of aromatic nitrogens is 2. The molecule has 0 radical (unpaired) electrons. The van der Waals surface area contributed by atoms with Crippen LogP contribution in [0.5, 0.6) is 23.1 Å². The Morgan fingerprint density at radius 1 is 1.00 bits per heavy atom. The van der Waals surface area contributed by atoms with Crippen molar-refractivity contribution in [3.05, 3.63) is 40.4 Å². The molecule has 1 aromatic carbocycles. The lowest BCUT2D eigenvalue weighted by atomic mass is 10.3. The lowest BCUT2D eigenvalue weighted by molar-refractivity contribution is 0.384. The minimum Gasteiger partial charge on any atom is -0.496 e. The first-order chi connectivity index (χ1) is 9.10. The summed E-state index contributed by atoms with van der Waals surface area (Å²) in [5.74, 6) is 2.37. The molecule has 0 saturated carbocycles. The second kappa shape index (κ2) is 5.43. The van der Waals surface area contributed by atoms with Gasteiger partial charge in [-0.1, -0.05) is 0 Å². The molecule has 1 heterocycles. The van der Waals surface area contributed by atoms with E-state index in [2.05, 4.69) is 9.97 Å². The average Bonchev–Trinajstić information content (AvgIpc) is 2.37. The van der Waals surface area contributed by atoms with Crippen LogP contribution in [0.2, 0.25) is 0 Å². The summed E-state index contributed by atoms with van der Waals surface area (Å²) in [4.78, 5) is 17.9. The second-order valence-electron chi connectivity index (χ2n) is 3.82. The number of nitrogens with zero attached hydrogens (tertiary/aromatic N) is 1. The van der Waals surface area contributed by atoms with Gasteiger partial charge in [-0.3, -0.25) is 4.79 Å². The Labute approximate surface area is 110 Å². The highest BCUT2D eigenvalue weighted by Crippen LogP contribution is 2.29. The Morgan fingerprint density at radius 3 is 2.11 bits per heavy atom. The maximum atomic E-state index is 11.3. The summed E-state index contributed by atoms with van der Waals surface area (Å²) < 4.78 is 15.8. The monoisotopic (exact) mass is 262 g/mol. The normalized spacial score (nSPS) is 10.1. The van der Waals surface area contributed by atoms with Gasteiger partial charge in [0, 0.05) is 18.2 Å². The highest BCUT2D eigenvalue weighted by Gasteiger charge is 2.06. The molecule has 0 unspecified atom stereocenters. The molecule has 0 bridgehead atoms. The molecule has 0 amide bonds. The summed E-state index contributed by atoms with van der Waals surface area (Å²) in [7, 11) is 3.10. The van der Waals surface area contributed by atoms with E-state index < -0.39 is 0 Å². The van der Waals surface area contributed by atoms with Crippen molar-refractivity contribution < 1.29 is 14.2 Å². The van der Waals surface area contributed by atoms with Gasteiger partial charge in [0.05, 0.1) is 20.3 Å². The zero-order chi connectivity index (χ0) is 13.8. The Hall–Kier alpha value is -2.50. The number of methoxy groups -OCH3 is 2. The van der Waals surface area contributed by atoms with Crippen molar-refractivity contribution in [2.45, 2.75) is 6.92 Å². The summed E-state index contributed by atoms with van der Waals surface area (Å²) in [6, 6.07) is 6.36. The van der Waals surface area contributed by atoms with Crippen LogP contribution in [-0.4, -0.2) is 24.2 Å². The molecule has 0 aliphatic heterocycles. The fraction of sp³-hybridized carbons (Fsp3) is 0.231. The topological polar surface area (TPSA) is 73.4 Å². The summed E-state index contributed by atoms with van der Waals surface area (Å²) in [5, 5.41) is 0. The molecule has 0 aliphatic carbocycles. The van der Waals surface area contributed by atoms with E-state index >= 15 is 0 Å².